The normalized spacial score (nSPS) is 10.7. The van der Waals surface area contributed by atoms with Crippen LogP contribution in [-0.2, 0) is 11.3 Å². The Morgan fingerprint density at radius 1 is 1.08 bits per heavy atom. The molecule has 8 heteroatoms. The summed E-state index contributed by atoms with van der Waals surface area (Å²) < 4.78 is 2.76. The van der Waals surface area contributed by atoms with Crippen LogP contribution in [0.15, 0.2) is 53.5 Å². The van der Waals surface area contributed by atoms with Gasteiger partial charge in [0.25, 0.3) is 11.5 Å². The number of carbonyl (C=O) groups is 2. The average Bonchev–Trinajstić information content (AvgIpc) is 3.08. The number of carboxylic acids is 1. The summed E-state index contributed by atoms with van der Waals surface area (Å²) in [6.07, 6.45) is 1.60. The van der Waals surface area contributed by atoms with E-state index in [-0.39, 0.29) is 12.1 Å². The molecule has 1 amide bonds. The topological polar surface area (TPSA) is 113 Å². The van der Waals surface area contributed by atoms with Gasteiger partial charge in [-0.3, -0.25) is 18.9 Å². The van der Waals surface area contributed by atoms with Crippen LogP contribution in [-0.4, -0.2) is 37.8 Å². The van der Waals surface area contributed by atoms with Crippen LogP contribution in [0.1, 0.15) is 15.9 Å². The summed E-state index contributed by atoms with van der Waals surface area (Å²) in [4.78, 5) is 35.6. The fourth-order valence-electron chi connectivity index (χ4n) is 2.58. The van der Waals surface area contributed by atoms with Gasteiger partial charge in [0.1, 0.15) is 17.6 Å². The summed E-state index contributed by atoms with van der Waals surface area (Å²) in [6.45, 7) is -0.465. The molecule has 0 aliphatic carbocycles. The lowest BCUT2D eigenvalue weighted by Crippen LogP contribution is -2.37. The molecule has 1 aromatic carbocycles. The minimum absolute atomic E-state index is 0.185. The maximum Gasteiger partial charge on any atom is 0.322 e. The highest BCUT2D eigenvalue weighted by atomic mass is 16.4. The van der Waals surface area contributed by atoms with Gasteiger partial charge >= 0.3 is 5.97 Å². The van der Waals surface area contributed by atoms with E-state index in [9.17, 15) is 19.5 Å². The molecule has 0 aliphatic heterocycles. The summed E-state index contributed by atoms with van der Waals surface area (Å²) in [5, 5.41) is 21.1. The number of benzene rings is 1. The van der Waals surface area contributed by atoms with Crippen molar-refractivity contribution in [1.29, 1.82) is 0 Å². The largest absolute Gasteiger partial charge is 0.505 e. The van der Waals surface area contributed by atoms with Gasteiger partial charge in [-0.1, -0.05) is 30.3 Å². The predicted octanol–water partition coefficient (Wildman–Crippen LogP) is 0.669. The third kappa shape index (κ3) is 3.09. The summed E-state index contributed by atoms with van der Waals surface area (Å²) in [6, 6.07) is 12.4. The van der Waals surface area contributed by atoms with Crippen LogP contribution >= 0.6 is 0 Å². The highest BCUT2D eigenvalue weighted by molar-refractivity contribution is 5.99. The molecule has 3 N–H and O–H groups in total. The van der Waals surface area contributed by atoms with E-state index in [0.29, 0.717) is 0 Å². The fourth-order valence-corrected chi connectivity index (χ4v) is 2.58. The SMILES string of the molecule is O=C(O)CNC(=O)c1c(O)c2cccn2n(Cc2ccccc2)c1=O. The summed E-state index contributed by atoms with van der Waals surface area (Å²) in [7, 11) is 0. The van der Waals surface area contributed by atoms with Gasteiger partial charge in [0, 0.05) is 6.20 Å². The second-order valence-corrected chi connectivity index (χ2v) is 5.39. The molecule has 2 aromatic heterocycles. The number of aliphatic carboxylic acids is 1. The Balaban J connectivity index is 2.13. The first-order valence-electron chi connectivity index (χ1n) is 7.46. The molecule has 0 radical (unpaired) electrons. The van der Waals surface area contributed by atoms with Gasteiger partial charge in [0.2, 0.25) is 0 Å². The van der Waals surface area contributed by atoms with Crippen molar-refractivity contribution in [2.24, 2.45) is 0 Å². The molecule has 0 atom stereocenters. The number of amides is 1. The van der Waals surface area contributed by atoms with E-state index in [0.717, 1.165) is 5.56 Å². The van der Waals surface area contributed by atoms with Gasteiger partial charge in [0.15, 0.2) is 5.75 Å². The van der Waals surface area contributed by atoms with Gasteiger partial charge in [-0.15, -0.1) is 0 Å². The Labute approximate surface area is 141 Å². The first-order valence-corrected chi connectivity index (χ1v) is 7.46. The standard InChI is InChI=1S/C17H15N3O5/c21-13(22)9-18-16(24)14-15(23)12-7-4-8-19(12)20(17(14)25)10-11-5-2-1-3-6-11/h1-8,23H,9-10H2,(H,18,24)(H,21,22). The minimum Gasteiger partial charge on any atom is -0.505 e. The maximum absolute atomic E-state index is 12.8. The summed E-state index contributed by atoms with van der Waals surface area (Å²) >= 11 is 0. The first kappa shape index (κ1) is 16.3. The highest BCUT2D eigenvalue weighted by Crippen LogP contribution is 2.21. The Bertz CT molecular complexity index is 1000. The number of nitrogens with zero attached hydrogens (tertiary/aromatic N) is 2. The molecule has 3 aromatic rings. The number of carbonyl (C=O) groups excluding carboxylic acids is 1. The van der Waals surface area contributed by atoms with Crippen LogP contribution in [0.3, 0.4) is 0 Å². The molecular formula is C17H15N3O5. The highest BCUT2D eigenvalue weighted by Gasteiger charge is 2.22. The number of hydrogen-bond donors (Lipinski definition) is 3. The maximum atomic E-state index is 12.8. The molecule has 2 heterocycles. The first-order chi connectivity index (χ1) is 12.0. The Kier molecular flexibility index (Phi) is 4.25. The molecular weight excluding hydrogens is 326 g/mol. The number of hydrogen-bond acceptors (Lipinski definition) is 4. The van der Waals surface area contributed by atoms with Gasteiger partial charge < -0.3 is 15.5 Å². The predicted molar refractivity (Wildman–Crippen MR) is 88.8 cm³/mol. The number of carboxylic acid groups (broad SMARTS) is 1. The smallest absolute Gasteiger partial charge is 0.322 e. The minimum atomic E-state index is -1.25. The van der Waals surface area contributed by atoms with Crippen molar-refractivity contribution in [1.82, 2.24) is 14.5 Å². The van der Waals surface area contributed by atoms with Gasteiger partial charge in [0.05, 0.1) is 6.54 Å². The summed E-state index contributed by atoms with van der Waals surface area (Å²) in [5.41, 5.74) is -0.0884. The van der Waals surface area contributed by atoms with Crippen LogP contribution in [0.4, 0.5) is 0 Å². The van der Waals surface area contributed by atoms with Crippen LogP contribution in [0.2, 0.25) is 0 Å². The fraction of sp³-hybridized carbons (Fsp3) is 0.118. The number of aromatic nitrogens is 2. The monoisotopic (exact) mass is 341 g/mol. The molecule has 3 rings (SSSR count). The van der Waals surface area contributed by atoms with Crippen molar-refractivity contribution in [3.05, 3.63) is 70.1 Å². The zero-order valence-corrected chi connectivity index (χ0v) is 13.0. The Morgan fingerprint density at radius 3 is 2.48 bits per heavy atom. The van der Waals surface area contributed by atoms with Crippen molar-refractivity contribution < 1.29 is 19.8 Å². The second kappa shape index (κ2) is 6.52. The van der Waals surface area contributed by atoms with Gasteiger partial charge in [-0.2, -0.15) is 0 Å². The van der Waals surface area contributed by atoms with Crippen molar-refractivity contribution in [3.63, 3.8) is 0 Å². The molecule has 0 saturated heterocycles. The van der Waals surface area contributed by atoms with E-state index in [1.807, 2.05) is 30.3 Å². The van der Waals surface area contributed by atoms with Crippen LogP contribution in [0, 0.1) is 0 Å². The lowest BCUT2D eigenvalue weighted by Gasteiger charge is -2.14. The molecule has 0 bridgehead atoms. The van der Waals surface area contributed by atoms with Crippen molar-refractivity contribution in [3.8, 4) is 5.75 Å². The van der Waals surface area contributed by atoms with Crippen LogP contribution in [0.5, 0.6) is 5.75 Å². The van der Waals surface area contributed by atoms with E-state index in [4.69, 9.17) is 5.11 Å². The van der Waals surface area contributed by atoms with E-state index in [2.05, 4.69) is 5.32 Å². The third-order valence-corrected chi connectivity index (χ3v) is 3.72. The molecule has 0 saturated carbocycles. The molecule has 0 aliphatic rings. The third-order valence-electron chi connectivity index (χ3n) is 3.72. The molecule has 0 fully saturated rings. The Morgan fingerprint density at radius 2 is 1.80 bits per heavy atom. The van der Waals surface area contributed by atoms with Gasteiger partial charge in [-0.25, -0.2) is 4.68 Å². The Hall–Kier alpha value is -3.55. The quantitative estimate of drug-likeness (QED) is 0.631. The molecule has 0 unspecified atom stereocenters. The summed E-state index contributed by atoms with van der Waals surface area (Å²) in [5.74, 6) is -2.67. The van der Waals surface area contributed by atoms with Gasteiger partial charge in [-0.05, 0) is 17.7 Å². The van der Waals surface area contributed by atoms with Crippen molar-refractivity contribution >= 4 is 17.4 Å². The second-order valence-electron chi connectivity index (χ2n) is 5.39. The number of aromatic hydroxyl groups is 1. The van der Waals surface area contributed by atoms with E-state index in [1.54, 1.807) is 18.3 Å². The molecule has 25 heavy (non-hydrogen) atoms. The zero-order chi connectivity index (χ0) is 18.0. The average molecular weight is 341 g/mol. The number of rotatable bonds is 5. The van der Waals surface area contributed by atoms with Crippen molar-refractivity contribution in [2.75, 3.05) is 6.54 Å². The van der Waals surface area contributed by atoms with E-state index < -0.39 is 35.3 Å². The van der Waals surface area contributed by atoms with Crippen molar-refractivity contribution in [2.45, 2.75) is 6.54 Å². The molecule has 0 spiro atoms. The lowest BCUT2D eigenvalue weighted by atomic mass is 10.2. The molecule has 8 nitrogen and oxygen atoms in total. The number of nitrogens with one attached hydrogen (secondary N) is 1. The van der Waals surface area contributed by atoms with Crippen LogP contribution in [0.25, 0.3) is 5.52 Å². The van der Waals surface area contributed by atoms with E-state index in [1.165, 1.54) is 9.20 Å². The van der Waals surface area contributed by atoms with E-state index >= 15 is 0 Å². The molecule has 128 valence electrons. The zero-order valence-electron chi connectivity index (χ0n) is 13.0. The van der Waals surface area contributed by atoms with Crippen LogP contribution < -0.4 is 10.9 Å². The number of fused-ring (bicyclic) bond motifs is 1. The lowest BCUT2D eigenvalue weighted by molar-refractivity contribution is -0.135.